The number of benzene rings is 1. The summed E-state index contributed by atoms with van der Waals surface area (Å²) >= 11 is 0. The molecule has 21 heavy (non-hydrogen) atoms. The minimum absolute atomic E-state index is 0.490. The van der Waals surface area contributed by atoms with Gasteiger partial charge in [-0.25, -0.2) is 0 Å². The SMILES string of the molecule is Cc1ccc(Nc2cnnc(NC3CCCC3)n2)cc1C. The Balaban J connectivity index is 1.71. The summed E-state index contributed by atoms with van der Waals surface area (Å²) in [6, 6.07) is 6.75. The monoisotopic (exact) mass is 283 g/mol. The van der Waals surface area contributed by atoms with Crippen molar-refractivity contribution in [1.82, 2.24) is 15.2 Å². The zero-order valence-electron chi connectivity index (χ0n) is 12.6. The average Bonchev–Trinajstić information content (AvgIpc) is 2.96. The second-order valence-electron chi connectivity index (χ2n) is 5.71. The van der Waals surface area contributed by atoms with Crippen molar-refractivity contribution in [1.29, 1.82) is 0 Å². The third-order valence-corrected chi connectivity index (χ3v) is 4.03. The Hall–Kier alpha value is -2.17. The highest BCUT2D eigenvalue weighted by molar-refractivity contribution is 5.58. The molecule has 3 rings (SSSR count). The van der Waals surface area contributed by atoms with Crippen molar-refractivity contribution in [2.75, 3.05) is 10.6 Å². The molecule has 0 unspecified atom stereocenters. The van der Waals surface area contributed by atoms with E-state index in [2.05, 4.69) is 57.9 Å². The van der Waals surface area contributed by atoms with Gasteiger partial charge in [-0.3, -0.25) is 0 Å². The van der Waals surface area contributed by atoms with Crippen LogP contribution in [-0.2, 0) is 0 Å². The smallest absolute Gasteiger partial charge is 0.244 e. The summed E-state index contributed by atoms with van der Waals surface area (Å²) < 4.78 is 0. The van der Waals surface area contributed by atoms with Crippen LogP contribution in [0.15, 0.2) is 24.4 Å². The van der Waals surface area contributed by atoms with Crippen molar-refractivity contribution >= 4 is 17.5 Å². The molecule has 0 saturated heterocycles. The molecule has 1 aromatic heterocycles. The van der Waals surface area contributed by atoms with Crippen molar-refractivity contribution in [3.63, 3.8) is 0 Å². The number of hydrogen-bond acceptors (Lipinski definition) is 5. The van der Waals surface area contributed by atoms with Crippen LogP contribution in [0.25, 0.3) is 0 Å². The van der Waals surface area contributed by atoms with E-state index in [1.165, 1.54) is 36.8 Å². The van der Waals surface area contributed by atoms with Crippen molar-refractivity contribution in [3.8, 4) is 0 Å². The van der Waals surface area contributed by atoms with Gasteiger partial charge in [0, 0.05) is 11.7 Å². The van der Waals surface area contributed by atoms with Crippen LogP contribution >= 0.6 is 0 Å². The van der Waals surface area contributed by atoms with Gasteiger partial charge in [-0.15, -0.1) is 5.10 Å². The molecule has 2 N–H and O–H groups in total. The average molecular weight is 283 g/mol. The Morgan fingerprint density at radius 1 is 1.10 bits per heavy atom. The molecule has 0 aliphatic heterocycles. The maximum absolute atomic E-state index is 4.49. The molecule has 2 aromatic rings. The summed E-state index contributed by atoms with van der Waals surface area (Å²) in [7, 11) is 0. The molecule has 5 nitrogen and oxygen atoms in total. The summed E-state index contributed by atoms with van der Waals surface area (Å²) in [5, 5.41) is 14.7. The predicted octanol–water partition coefficient (Wildman–Crippen LogP) is 3.59. The highest BCUT2D eigenvalue weighted by Gasteiger charge is 2.15. The van der Waals surface area contributed by atoms with Gasteiger partial charge in [-0.2, -0.15) is 10.1 Å². The van der Waals surface area contributed by atoms with Gasteiger partial charge in [-0.1, -0.05) is 18.9 Å². The van der Waals surface area contributed by atoms with Gasteiger partial charge < -0.3 is 10.6 Å². The fourth-order valence-corrected chi connectivity index (χ4v) is 2.64. The fourth-order valence-electron chi connectivity index (χ4n) is 2.64. The van der Waals surface area contributed by atoms with Crippen LogP contribution in [0.2, 0.25) is 0 Å². The van der Waals surface area contributed by atoms with Crippen LogP contribution in [0.4, 0.5) is 17.5 Å². The van der Waals surface area contributed by atoms with Crippen molar-refractivity contribution in [2.24, 2.45) is 0 Å². The predicted molar refractivity (Wildman–Crippen MR) is 84.9 cm³/mol. The molecule has 0 bridgehead atoms. The molecule has 1 saturated carbocycles. The normalized spacial score (nSPS) is 15.1. The first-order valence-electron chi connectivity index (χ1n) is 7.51. The lowest BCUT2D eigenvalue weighted by Gasteiger charge is -2.12. The molecular formula is C16H21N5. The van der Waals surface area contributed by atoms with Crippen LogP contribution in [0.3, 0.4) is 0 Å². The number of nitrogens with zero attached hydrogens (tertiary/aromatic N) is 3. The second kappa shape index (κ2) is 6.08. The Morgan fingerprint density at radius 2 is 1.90 bits per heavy atom. The van der Waals surface area contributed by atoms with E-state index in [-0.39, 0.29) is 0 Å². The van der Waals surface area contributed by atoms with E-state index in [0.29, 0.717) is 17.8 Å². The highest BCUT2D eigenvalue weighted by Crippen LogP contribution is 2.22. The van der Waals surface area contributed by atoms with Crippen LogP contribution in [0.1, 0.15) is 36.8 Å². The topological polar surface area (TPSA) is 62.7 Å². The second-order valence-corrected chi connectivity index (χ2v) is 5.71. The summed E-state index contributed by atoms with van der Waals surface area (Å²) in [6.45, 7) is 4.21. The summed E-state index contributed by atoms with van der Waals surface area (Å²) in [5.74, 6) is 1.32. The van der Waals surface area contributed by atoms with E-state index in [9.17, 15) is 0 Å². The fraction of sp³-hybridized carbons (Fsp3) is 0.438. The Bertz CT molecular complexity index is 620. The van der Waals surface area contributed by atoms with Gasteiger partial charge in [0.2, 0.25) is 5.95 Å². The minimum Gasteiger partial charge on any atom is -0.350 e. The Morgan fingerprint density at radius 3 is 2.67 bits per heavy atom. The van der Waals surface area contributed by atoms with Crippen LogP contribution in [0.5, 0.6) is 0 Å². The summed E-state index contributed by atoms with van der Waals surface area (Å²) in [5.41, 5.74) is 3.56. The molecule has 1 aliphatic carbocycles. The first kappa shape index (κ1) is 13.8. The molecule has 1 aliphatic rings. The maximum Gasteiger partial charge on any atom is 0.244 e. The lowest BCUT2D eigenvalue weighted by atomic mass is 10.1. The minimum atomic E-state index is 0.490. The third kappa shape index (κ3) is 3.48. The lowest BCUT2D eigenvalue weighted by molar-refractivity contribution is 0.738. The zero-order valence-corrected chi connectivity index (χ0v) is 12.6. The Kier molecular flexibility index (Phi) is 3.99. The van der Waals surface area contributed by atoms with Gasteiger partial charge >= 0.3 is 0 Å². The standard InChI is InChI=1S/C16H21N5/c1-11-7-8-14(9-12(11)2)18-15-10-17-21-16(20-15)19-13-5-3-4-6-13/h7-10,13H,3-6H2,1-2H3,(H2,18,19,20,21). The van der Waals surface area contributed by atoms with Gasteiger partial charge in [0.05, 0.1) is 6.20 Å². The first-order chi connectivity index (χ1) is 10.2. The molecular weight excluding hydrogens is 262 g/mol. The molecule has 0 spiro atoms. The molecule has 0 radical (unpaired) electrons. The molecule has 5 heteroatoms. The molecule has 110 valence electrons. The highest BCUT2D eigenvalue weighted by atomic mass is 15.3. The number of aryl methyl sites for hydroxylation is 2. The van der Waals surface area contributed by atoms with E-state index < -0.39 is 0 Å². The summed E-state index contributed by atoms with van der Waals surface area (Å²) in [6.07, 6.45) is 6.60. The van der Waals surface area contributed by atoms with E-state index >= 15 is 0 Å². The lowest BCUT2D eigenvalue weighted by Crippen LogP contribution is -2.17. The van der Waals surface area contributed by atoms with Gasteiger partial charge in [0.15, 0.2) is 5.82 Å². The number of rotatable bonds is 4. The molecule has 0 amide bonds. The number of aromatic nitrogens is 3. The van der Waals surface area contributed by atoms with Crippen LogP contribution in [0, 0.1) is 13.8 Å². The first-order valence-corrected chi connectivity index (χ1v) is 7.51. The van der Waals surface area contributed by atoms with E-state index in [4.69, 9.17) is 0 Å². The number of anilines is 3. The van der Waals surface area contributed by atoms with Gasteiger partial charge in [-0.05, 0) is 49.9 Å². The third-order valence-electron chi connectivity index (χ3n) is 4.03. The van der Waals surface area contributed by atoms with Crippen molar-refractivity contribution in [3.05, 3.63) is 35.5 Å². The van der Waals surface area contributed by atoms with Crippen molar-refractivity contribution < 1.29 is 0 Å². The Labute approximate surface area is 125 Å². The summed E-state index contributed by atoms with van der Waals surface area (Å²) in [4.78, 5) is 4.49. The van der Waals surface area contributed by atoms with Gasteiger partial charge in [0.1, 0.15) is 0 Å². The molecule has 1 heterocycles. The van der Waals surface area contributed by atoms with Crippen LogP contribution < -0.4 is 10.6 Å². The van der Waals surface area contributed by atoms with Crippen molar-refractivity contribution in [2.45, 2.75) is 45.6 Å². The molecule has 1 fully saturated rings. The number of nitrogens with one attached hydrogen (secondary N) is 2. The zero-order chi connectivity index (χ0) is 14.7. The van der Waals surface area contributed by atoms with E-state index in [0.717, 1.165) is 5.69 Å². The van der Waals surface area contributed by atoms with E-state index in [1.807, 2.05) is 0 Å². The van der Waals surface area contributed by atoms with E-state index in [1.54, 1.807) is 6.20 Å². The maximum atomic E-state index is 4.49. The largest absolute Gasteiger partial charge is 0.350 e. The number of hydrogen-bond donors (Lipinski definition) is 2. The molecule has 1 aromatic carbocycles. The van der Waals surface area contributed by atoms with Gasteiger partial charge in [0.25, 0.3) is 0 Å². The van der Waals surface area contributed by atoms with Crippen LogP contribution in [-0.4, -0.2) is 21.2 Å². The quantitative estimate of drug-likeness (QED) is 0.898. The molecule has 0 atom stereocenters.